The van der Waals surface area contributed by atoms with E-state index in [4.69, 9.17) is 4.74 Å². The Labute approximate surface area is 123 Å². The molecule has 0 spiro atoms. The third kappa shape index (κ3) is 6.35. The summed E-state index contributed by atoms with van der Waals surface area (Å²) in [6, 6.07) is 0. The van der Waals surface area contributed by atoms with Crippen molar-refractivity contribution >= 4 is 11.9 Å². The van der Waals surface area contributed by atoms with E-state index in [1.807, 2.05) is 0 Å². The second kappa shape index (κ2) is 7.13. The number of esters is 2. The molecule has 0 saturated carbocycles. The Morgan fingerprint density at radius 2 is 1.52 bits per heavy atom. The summed E-state index contributed by atoms with van der Waals surface area (Å²) in [7, 11) is 0. The maximum atomic E-state index is 13.2. The first kappa shape index (κ1) is 19.7. The average molecular weight is 312 g/mol. The minimum absolute atomic E-state index is 0.110. The number of rotatable bonds is 5. The summed E-state index contributed by atoms with van der Waals surface area (Å²) in [6.07, 6.45) is -4.71. The van der Waals surface area contributed by atoms with Crippen LogP contribution in [0, 0.1) is 17.8 Å². The number of carbonyl (C=O) groups excluding carboxylic acids is 2. The van der Waals surface area contributed by atoms with Gasteiger partial charge >= 0.3 is 18.1 Å². The molecule has 0 amide bonds. The Morgan fingerprint density at radius 1 is 1.05 bits per heavy atom. The van der Waals surface area contributed by atoms with Gasteiger partial charge in [-0.2, -0.15) is 13.2 Å². The molecule has 0 aliphatic carbocycles. The number of alkyl halides is 3. The SMILES string of the molecule is CCOC(=O)[C@H](C(=O)OC(C)(C)C)[C@@H](C(C)C)C(F)(F)F. The molecule has 0 aromatic carbocycles. The Balaban J connectivity index is 5.59. The summed E-state index contributed by atoms with van der Waals surface area (Å²) in [6.45, 7) is 8.51. The molecule has 0 radical (unpaired) electrons. The maximum Gasteiger partial charge on any atom is 0.393 e. The highest BCUT2D eigenvalue weighted by Crippen LogP contribution is 2.39. The van der Waals surface area contributed by atoms with Crippen molar-refractivity contribution in [3.05, 3.63) is 0 Å². The third-order valence-corrected chi connectivity index (χ3v) is 2.66. The third-order valence-electron chi connectivity index (χ3n) is 2.66. The van der Waals surface area contributed by atoms with Crippen molar-refractivity contribution in [2.75, 3.05) is 6.61 Å². The molecule has 0 bridgehead atoms. The van der Waals surface area contributed by atoms with E-state index in [0.29, 0.717) is 0 Å². The lowest BCUT2D eigenvalue weighted by Gasteiger charge is -2.31. The fourth-order valence-corrected chi connectivity index (χ4v) is 1.94. The van der Waals surface area contributed by atoms with Gasteiger partial charge in [0.15, 0.2) is 5.92 Å². The fourth-order valence-electron chi connectivity index (χ4n) is 1.94. The Bertz CT molecular complexity index is 369. The number of halogens is 3. The van der Waals surface area contributed by atoms with E-state index in [1.165, 1.54) is 41.5 Å². The smallest absolute Gasteiger partial charge is 0.393 e. The highest BCUT2D eigenvalue weighted by atomic mass is 19.4. The normalized spacial score (nSPS) is 15.5. The molecular formula is C14H23F3O4. The van der Waals surface area contributed by atoms with Gasteiger partial charge in [-0.05, 0) is 33.6 Å². The summed E-state index contributed by atoms with van der Waals surface area (Å²) in [5.74, 6) is -7.54. The van der Waals surface area contributed by atoms with E-state index in [9.17, 15) is 22.8 Å². The van der Waals surface area contributed by atoms with Crippen LogP contribution in [0.2, 0.25) is 0 Å². The Kier molecular flexibility index (Phi) is 6.70. The fraction of sp³-hybridized carbons (Fsp3) is 0.857. The van der Waals surface area contributed by atoms with Crippen LogP contribution in [0.3, 0.4) is 0 Å². The molecule has 0 saturated heterocycles. The highest BCUT2D eigenvalue weighted by molar-refractivity contribution is 5.95. The Hall–Kier alpha value is -1.27. The van der Waals surface area contributed by atoms with Crippen molar-refractivity contribution < 1.29 is 32.2 Å². The predicted octanol–water partition coefficient (Wildman–Crippen LogP) is 3.34. The molecule has 0 rings (SSSR count). The van der Waals surface area contributed by atoms with Crippen molar-refractivity contribution in [1.82, 2.24) is 0 Å². The molecule has 124 valence electrons. The van der Waals surface area contributed by atoms with E-state index in [1.54, 1.807) is 0 Å². The van der Waals surface area contributed by atoms with Gasteiger partial charge < -0.3 is 9.47 Å². The van der Waals surface area contributed by atoms with E-state index in [2.05, 4.69) is 4.74 Å². The monoisotopic (exact) mass is 312 g/mol. The summed E-state index contributed by atoms with van der Waals surface area (Å²) in [5, 5.41) is 0. The van der Waals surface area contributed by atoms with Gasteiger partial charge in [0.05, 0.1) is 12.5 Å². The zero-order valence-electron chi connectivity index (χ0n) is 13.2. The standard InChI is InChI=1S/C14H23F3O4/c1-7-20-11(18)9(12(19)21-13(4,5)6)10(8(2)3)14(15,16)17/h8-10H,7H2,1-6H3/t9-,10-/m1/s1. The summed E-state index contributed by atoms with van der Waals surface area (Å²) >= 11 is 0. The van der Waals surface area contributed by atoms with E-state index < -0.39 is 41.5 Å². The van der Waals surface area contributed by atoms with Crippen molar-refractivity contribution in [2.24, 2.45) is 17.8 Å². The highest BCUT2D eigenvalue weighted by Gasteiger charge is 2.53. The summed E-state index contributed by atoms with van der Waals surface area (Å²) in [5.41, 5.74) is -0.991. The summed E-state index contributed by atoms with van der Waals surface area (Å²) in [4.78, 5) is 23.9. The lowest BCUT2D eigenvalue weighted by molar-refractivity contribution is -0.217. The van der Waals surface area contributed by atoms with Crippen LogP contribution in [-0.2, 0) is 19.1 Å². The topological polar surface area (TPSA) is 52.6 Å². The van der Waals surface area contributed by atoms with Gasteiger partial charge in [-0.3, -0.25) is 9.59 Å². The largest absolute Gasteiger partial charge is 0.465 e. The van der Waals surface area contributed by atoms with Crippen molar-refractivity contribution in [3.63, 3.8) is 0 Å². The second-order valence-corrected chi connectivity index (χ2v) is 6.07. The molecule has 21 heavy (non-hydrogen) atoms. The molecule has 0 fully saturated rings. The minimum Gasteiger partial charge on any atom is -0.465 e. The number of hydrogen-bond acceptors (Lipinski definition) is 4. The van der Waals surface area contributed by atoms with Gasteiger partial charge in [-0.15, -0.1) is 0 Å². The van der Waals surface area contributed by atoms with Gasteiger partial charge in [-0.25, -0.2) is 0 Å². The van der Waals surface area contributed by atoms with Crippen LogP contribution in [-0.4, -0.2) is 30.3 Å². The molecule has 7 heteroatoms. The minimum atomic E-state index is -4.71. The molecule has 0 aromatic heterocycles. The van der Waals surface area contributed by atoms with E-state index in [-0.39, 0.29) is 6.61 Å². The van der Waals surface area contributed by atoms with Gasteiger partial charge in [0.1, 0.15) is 5.60 Å². The van der Waals surface area contributed by atoms with Crippen molar-refractivity contribution in [3.8, 4) is 0 Å². The van der Waals surface area contributed by atoms with Gasteiger partial charge in [0.25, 0.3) is 0 Å². The first-order valence-electron chi connectivity index (χ1n) is 6.77. The molecule has 2 atom stereocenters. The molecule has 0 heterocycles. The lowest BCUT2D eigenvalue weighted by Crippen LogP contribution is -2.45. The molecule has 0 unspecified atom stereocenters. The zero-order valence-corrected chi connectivity index (χ0v) is 13.2. The van der Waals surface area contributed by atoms with Crippen LogP contribution < -0.4 is 0 Å². The van der Waals surface area contributed by atoms with Crippen LogP contribution in [0.1, 0.15) is 41.5 Å². The van der Waals surface area contributed by atoms with Crippen LogP contribution in [0.25, 0.3) is 0 Å². The molecular weight excluding hydrogens is 289 g/mol. The number of ether oxygens (including phenoxy) is 2. The van der Waals surface area contributed by atoms with Crippen LogP contribution in [0.15, 0.2) is 0 Å². The average Bonchev–Trinajstić information content (AvgIpc) is 2.20. The number of hydrogen-bond donors (Lipinski definition) is 0. The molecule has 0 aliphatic heterocycles. The second-order valence-electron chi connectivity index (χ2n) is 6.07. The van der Waals surface area contributed by atoms with Gasteiger partial charge in [0.2, 0.25) is 0 Å². The Morgan fingerprint density at radius 3 is 1.81 bits per heavy atom. The zero-order chi connectivity index (χ0) is 17.0. The van der Waals surface area contributed by atoms with Crippen LogP contribution in [0.5, 0.6) is 0 Å². The maximum absolute atomic E-state index is 13.2. The molecule has 0 N–H and O–H groups in total. The molecule has 0 aliphatic rings. The quantitative estimate of drug-likeness (QED) is 0.577. The van der Waals surface area contributed by atoms with Crippen LogP contribution in [0.4, 0.5) is 13.2 Å². The van der Waals surface area contributed by atoms with Crippen molar-refractivity contribution in [1.29, 1.82) is 0 Å². The van der Waals surface area contributed by atoms with Crippen LogP contribution >= 0.6 is 0 Å². The van der Waals surface area contributed by atoms with Crippen molar-refractivity contribution in [2.45, 2.75) is 53.3 Å². The molecule has 4 nitrogen and oxygen atoms in total. The lowest BCUT2D eigenvalue weighted by atomic mass is 9.82. The van der Waals surface area contributed by atoms with E-state index in [0.717, 1.165) is 0 Å². The number of carbonyl (C=O) groups is 2. The summed E-state index contributed by atoms with van der Waals surface area (Å²) < 4.78 is 49.2. The van der Waals surface area contributed by atoms with Gasteiger partial charge in [0, 0.05) is 0 Å². The van der Waals surface area contributed by atoms with E-state index >= 15 is 0 Å². The first-order valence-corrected chi connectivity index (χ1v) is 6.77. The first-order chi connectivity index (χ1) is 9.31. The molecule has 0 aromatic rings. The predicted molar refractivity (Wildman–Crippen MR) is 70.4 cm³/mol. The van der Waals surface area contributed by atoms with Gasteiger partial charge in [-0.1, -0.05) is 13.8 Å².